The Morgan fingerprint density at radius 1 is 0.762 bits per heavy atom. The Balaban J connectivity index is 0.000000471. The highest BCUT2D eigenvalue weighted by atomic mass is 16.4. The van der Waals surface area contributed by atoms with Gasteiger partial charge in [0.05, 0.1) is 5.66 Å². The molecule has 1 rings (SSSR count). The summed E-state index contributed by atoms with van der Waals surface area (Å²) in [6, 6.07) is 0. The lowest BCUT2D eigenvalue weighted by atomic mass is 10.1. The highest BCUT2D eigenvalue weighted by Gasteiger charge is 2.23. The van der Waals surface area contributed by atoms with E-state index in [0.29, 0.717) is 0 Å². The van der Waals surface area contributed by atoms with Gasteiger partial charge in [0.15, 0.2) is 0 Å². The lowest BCUT2D eigenvalue weighted by Gasteiger charge is -2.14. The summed E-state index contributed by atoms with van der Waals surface area (Å²) in [4.78, 5) is 20.3. The van der Waals surface area contributed by atoms with Crippen LogP contribution in [0.25, 0.3) is 0 Å². The summed E-state index contributed by atoms with van der Waals surface area (Å²) >= 11 is 0. The van der Waals surface area contributed by atoms with E-state index in [4.69, 9.17) is 21.7 Å². The van der Waals surface area contributed by atoms with Crippen molar-refractivity contribution in [2.45, 2.75) is 82.7 Å². The monoisotopic (exact) mass is 302 g/mol. The predicted molar refractivity (Wildman–Crippen MR) is 81.8 cm³/mol. The number of carboxylic acids is 2. The van der Waals surface area contributed by atoms with Crippen molar-refractivity contribution in [3.63, 3.8) is 0 Å². The van der Waals surface area contributed by atoms with Crippen molar-refractivity contribution >= 4 is 11.9 Å². The summed E-state index contributed by atoms with van der Waals surface area (Å²) in [6.07, 6.45) is 10.3. The third kappa shape index (κ3) is 15.1. The maximum absolute atomic E-state index is 10.1. The molecule has 0 amide bonds. The molecule has 0 radical (unpaired) electrons. The van der Waals surface area contributed by atoms with E-state index in [0.717, 1.165) is 51.4 Å². The van der Waals surface area contributed by atoms with Gasteiger partial charge >= 0.3 is 11.9 Å². The molecule has 0 aromatic rings. The largest absolute Gasteiger partial charge is 0.481 e. The fourth-order valence-corrected chi connectivity index (χ4v) is 2.29. The van der Waals surface area contributed by atoms with Crippen molar-refractivity contribution < 1.29 is 19.8 Å². The third-order valence-electron chi connectivity index (χ3n) is 3.57. The van der Waals surface area contributed by atoms with Crippen molar-refractivity contribution in [3.05, 3.63) is 0 Å². The lowest BCUT2D eigenvalue weighted by Crippen LogP contribution is -2.46. The maximum Gasteiger partial charge on any atom is 0.303 e. The first-order valence-electron chi connectivity index (χ1n) is 7.85. The van der Waals surface area contributed by atoms with Crippen LogP contribution in [0.3, 0.4) is 0 Å². The second-order valence-electron chi connectivity index (χ2n) is 5.85. The molecule has 21 heavy (non-hydrogen) atoms. The Morgan fingerprint density at radius 3 is 1.33 bits per heavy atom. The van der Waals surface area contributed by atoms with Gasteiger partial charge in [-0.2, -0.15) is 0 Å². The zero-order valence-electron chi connectivity index (χ0n) is 12.9. The number of rotatable bonds is 9. The minimum Gasteiger partial charge on any atom is -0.481 e. The molecule has 0 bridgehead atoms. The van der Waals surface area contributed by atoms with E-state index in [2.05, 4.69) is 0 Å². The molecule has 124 valence electrons. The lowest BCUT2D eigenvalue weighted by molar-refractivity contribution is -0.138. The first-order chi connectivity index (χ1) is 9.83. The van der Waals surface area contributed by atoms with Gasteiger partial charge in [-0.3, -0.25) is 9.59 Å². The molecule has 0 atom stereocenters. The van der Waals surface area contributed by atoms with Gasteiger partial charge in [-0.05, 0) is 25.7 Å². The molecule has 1 aliphatic carbocycles. The molecule has 0 saturated heterocycles. The summed E-state index contributed by atoms with van der Waals surface area (Å²) in [7, 11) is 0. The zero-order chi connectivity index (χ0) is 16.1. The van der Waals surface area contributed by atoms with Crippen LogP contribution in [0, 0.1) is 0 Å². The fourth-order valence-electron chi connectivity index (χ4n) is 2.29. The first-order valence-corrected chi connectivity index (χ1v) is 7.85. The van der Waals surface area contributed by atoms with Gasteiger partial charge in [-0.1, -0.05) is 38.5 Å². The van der Waals surface area contributed by atoms with Gasteiger partial charge in [0.25, 0.3) is 0 Å². The fraction of sp³-hybridized carbons (Fsp3) is 0.867. The minimum atomic E-state index is -0.740. The molecule has 0 spiro atoms. The van der Waals surface area contributed by atoms with Crippen LogP contribution in [-0.2, 0) is 9.59 Å². The van der Waals surface area contributed by atoms with Crippen LogP contribution in [0.5, 0.6) is 0 Å². The van der Waals surface area contributed by atoms with Crippen molar-refractivity contribution in [3.8, 4) is 0 Å². The second-order valence-corrected chi connectivity index (χ2v) is 5.85. The normalized spacial score (nSPS) is 16.1. The summed E-state index contributed by atoms with van der Waals surface area (Å²) in [5.41, 5.74) is 10.8. The molecular weight excluding hydrogens is 272 g/mol. The van der Waals surface area contributed by atoms with Crippen molar-refractivity contribution in [1.29, 1.82) is 0 Å². The van der Waals surface area contributed by atoms with Crippen molar-refractivity contribution in [1.82, 2.24) is 0 Å². The van der Waals surface area contributed by atoms with Crippen LogP contribution in [0.2, 0.25) is 0 Å². The van der Waals surface area contributed by atoms with E-state index >= 15 is 0 Å². The molecule has 1 saturated carbocycles. The van der Waals surface area contributed by atoms with Crippen molar-refractivity contribution in [2.24, 2.45) is 11.5 Å². The smallest absolute Gasteiger partial charge is 0.303 e. The number of hydrogen-bond acceptors (Lipinski definition) is 4. The van der Waals surface area contributed by atoms with E-state index in [1.165, 1.54) is 12.8 Å². The number of carbonyl (C=O) groups is 2. The number of nitrogens with two attached hydrogens (primary N) is 2. The predicted octanol–water partition coefficient (Wildman–Crippen LogP) is 2.45. The van der Waals surface area contributed by atoms with Gasteiger partial charge in [-0.15, -0.1) is 0 Å². The topological polar surface area (TPSA) is 127 Å². The van der Waals surface area contributed by atoms with Gasteiger partial charge in [0.1, 0.15) is 0 Å². The zero-order valence-corrected chi connectivity index (χ0v) is 12.9. The molecule has 1 aliphatic rings. The average Bonchev–Trinajstić information content (AvgIpc) is 2.77. The summed E-state index contributed by atoms with van der Waals surface area (Å²) in [5, 5.41) is 16.7. The number of unbranched alkanes of at least 4 members (excludes halogenated alkanes) is 5. The Bertz CT molecular complexity index is 278. The number of hydrogen-bond donors (Lipinski definition) is 4. The Morgan fingerprint density at radius 2 is 1.10 bits per heavy atom. The molecule has 1 fully saturated rings. The Kier molecular flexibility index (Phi) is 10.9. The molecule has 0 unspecified atom stereocenters. The standard InChI is InChI=1S/C10H18O4.C5H12N2/c11-9(12)7-5-3-1-2-4-6-8-10(13)14;6-5(7)3-1-2-4-5/h1-8H2,(H,11,12)(H,13,14);1-4,6-7H2. The van der Waals surface area contributed by atoms with Crippen LogP contribution in [0.1, 0.15) is 77.0 Å². The van der Waals surface area contributed by atoms with Crippen LogP contribution < -0.4 is 11.5 Å². The van der Waals surface area contributed by atoms with E-state index in [9.17, 15) is 9.59 Å². The van der Waals surface area contributed by atoms with E-state index < -0.39 is 11.9 Å². The molecule has 6 N–H and O–H groups in total. The average molecular weight is 302 g/mol. The molecule has 0 aromatic heterocycles. The van der Waals surface area contributed by atoms with Gasteiger partial charge in [-0.25, -0.2) is 0 Å². The van der Waals surface area contributed by atoms with Crippen molar-refractivity contribution in [2.75, 3.05) is 0 Å². The maximum atomic E-state index is 10.1. The van der Waals surface area contributed by atoms with E-state index in [1.807, 2.05) is 0 Å². The van der Waals surface area contributed by atoms with Crippen LogP contribution in [-0.4, -0.2) is 27.8 Å². The highest BCUT2D eigenvalue weighted by Crippen LogP contribution is 2.21. The molecule has 6 nitrogen and oxygen atoms in total. The number of aliphatic carboxylic acids is 2. The summed E-state index contributed by atoms with van der Waals surface area (Å²) < 4.78 is 0. The van der Waals surface area contributed by atoms with Gasteiger partial charge in [0, 0.05) is 12.8 Å². The Labute approximate surface area is 126 Å². The molecule has 0 aliphatic heterocycles. The quantitative estimate of drug-likeness (QED) is 0.383. The Hall–Kier alpha value is -1.14. The molecule has 6 heteroatoms. The highest BCUT2D eigenvalue weighted by molar-refractivity contribution is 5.66. The molecule has 0 heterocycles. The van der Waals surface area contributed by atoms with E-state index in [1.54, 1.807) is 0 Å². The van der Waals surface area contributed by atoms with E-state index in [-0.39, 0.29) is 18.5 Å². The molecular formula is C15H30N2O4. The van der Waals surface area contributed by atoms with Gasteiger partial charge in [0.2, 0.25) is 0 Å². The molecule has 0 aromatic carbocycles. The van der Waals surface area contributed by atoms with Crippen LogP contribution >= 0.6 is 0 Å². The second kappa shape index (κ2) is 11.5. The SMILES string of the molecule is NC1(N)CCCC1.O=C(O)CCCCCCCCC(=O)O. The van der Waals surface area contributed by atoms with Crippen LogP contribution in [0.15, 0.2) is 0 Å². The first kappa shape index (κ1) is 19.9. The number of carboxylic acid groups (broad SMARTS) is 2. The van der Waals surface area contributed by atoms with Crippen LogP contribution in [0.4, 0.5) is 0 Å². The summed E-state index contributed by atoms with van der Waals surface area (Å²) in [6.45, 7) is 0. The summed E-state index contributed by atoms with van der Waals surface area (Å²) in [5.74, 6) is -1.48. The van der Waals surface area contributed by atoms with Gasteiger partial charge < -0.3 is 21.7 Å². The minimum absolute atomic E-state index is 0.245. The third-order valence-corrected chi connectivity index (χ3v) is 3.57.